The second-order valence-corrected chi connectivity index (χ2v) is 11.1. The topological polar surface area (TPSA) is 101 Å². The van der Waals surface area contributed by atoms with E-state index >= 15 is 0 Å². The molecule has 236 valence electrons. The monoisotopic (exact) mass is 672 g/mol. The minimum absolute atomic E-state index is 0.418. The number of nitrogens with zero attached hydrogens (tertiary/aromatic N) is 1. The van der Waals surface area contributed by atoms with Crippen LogP contribution in [0.15, 0.2) is 35.7 Å². The van der Waals surface area contributed by atoms with Crippen LogP contribution in [0.3, 0.4) is 0 Å². The van der Waals surface area contributed by atoms with Gasteiger partial charge in [0.1, 0.15) is 20.7 Å². The van der Waals surface area contributed by atoms with Crippen molar-refractivity contribution in [3.05, 3.63) is 63.8 Å². The Morgan fingerprint density at radius 2 is 1.14 bits per heavy atom. The van der Waals surface area contributed by atoms with Crippen molar-refractivity contribution >= 4 is 26.1 Å². The molecule has 0 saturated carbocycles. The van der Waals surface area contributed by atoms with E-state index < -0.39 is 96.2 Å². The number of hydrogen-bond donors (Lipinski definition) is 0. The van der Waals surface area contributed by atoms with Gasteiger partial charge in [-0.1, -0.05) is 24.8 Å². The van der Waals surface area contributed by atoms with Crippen molar-refractivity contribution in [2.75, 3.05) is 13.2 Å². The molecule has 0 aliphatic carbocycles. The van der Waals surface area contributed by atoms with Gasteiger partial charge in [-0.3, -0.25) is 0 Å². The molecule has 22 heteroatoms. The van der Waals surface area contributed by atoms with Gasteiger partial charge in [-0.05, 0) is 17.7 Å². The van der Waals surface area contributed by atoms with Crippen LogP contribution < -0.4 is 9.47 Å². The number of alkyl halides is 9. The van der Waals surface area contributed by atoms with Crippen LogP contribution in [0.4, 0.5) is 57.1 Å². The predicted molar refractivity (Wildman–Crippen MR) is 114 cm³/mol. The lowest BCUT2D eigenvalue weighted by atomic mass is 10.1. The summed E-state index contributed by atoms with van der Waals surface area (Å²) in [6, 6.07) is 4.36. The second-order valence-electron chi connectivity index (χ2n) is 7.72. The summed E-state index contributed by atoms with van der Waals surface area (Å²) in [7, 11) is -13.9. The molecular formula is C20H11F13NO6S2-. The van der Waals surface area contributed by atoms with E-state index in [2.05, 4.69) is 16.1 Å². The lowest BCUT2D eigenvalue weighted by molar-refractivity contribution is -0.320. The molecule has 2 aromatic carbocycles. The third-order valence-corrected chi connectivity index (χ3v) is 7.81. The molecule has 0 aliphatic rings. The number of rotatable bonds is 12. The highest BCUT2D eigenvalue weighted by atomic mass is 32.3. The van der Waals surface area contributed by atoms with Gasteiger partial charge in [0, 0.05) is 0 Å². The van der Waals surface area contributed by atoms with Gasteiger partial charge < -0.3 is 13.6 Å². The molecule has 7 nitrogen and oxygen atoms in total. The Bertz CT molecular complexity index is 1530. The summed E-state index contributed by atoms with van der Waals surface area (Å²) >= 11 is 0. The number of sulfonamides is 2. The molecule has 0 saturated heterocycles. The molecule has 0 bridgehead atoms. The fourth-order valence-electron chi connectivity index (χ4n) is 2.64. The lowest BCUT2D eigenvalue weighted by Gasteiger charge is -2.32. The average Bonchev–Trinajstić information content (AvgIpc) is 2.85. The molecule has 2 rings (SSSR count). The van der Waals surface area contributed by atoms with Crippen molar-refractivity contribution in [2.24, 2.45) is 0 Å². The number of ether oxygens (including phenoxy) is 2. The zero-order chi connectivity index (χ0) is 32.7. The Kier molecular flexibility index (Phi) is 9.51. The molecule has 0 amide bonds. The Morgan fingerprint density at radius 1 is 0.714 bits per heavy atom. The van der Waals surface area contributed by atoms with Gasteiger partial charge in [-0.15, -0.1) is 0 Å². The first-order chi connectivity index (χ1) is 18.8. The van der Waals surface area contributed by atoms with Crippen molar-refractivity contribution in [2.45, 2.75) is 28.2 Å². The summed E-state index contributed by atoms with van der Waals surface area (Å²) in [6.07, 6.45) is 1.29. The lowest BCUT2D eigenvalue weighted by Crippen LogP contribution is -2.58. The third kappa shape index (κ3) is 6.69. The van der Waals surface area contributed by atoms with E-state index in [4.69, 9.17) is 0 Å². The van der Waals surface area contributed by atoms with Crippen LogP contribution in [0.25, 0.3) is 10.2 Å². The Hall–Kier alpha value is -3.27. The largest absolute Gasteiger partial charge is 0.487 e. The van der Waals surface area contributed by atoms with Crippen molar-refractivity contribution in [1.29, 1.82) is 0 Å². The Balaban J connectivity index is 2.36. The normalized spacial score (nSPS) is 13.6. The summed E-state index contributed by atoms with van der Waals surface area (Å²) in [5.41, 5.74) is -6.07. The van der Waals surface area contributed by atoms with E-state index in [1.165, 1.54) is 18.2 Å². The molecule has 0 unspecified atom stereocenters. The molecule has 0 atom stereocenters. The maximum Gasteiger partial charge on any atom is 0.480 e. The third-order valence-electron chi connectivity index (χ3n) is 4.78. The number of hydrogen-bond acceptors (Lipinski definition) is 6. The van der Waals surface area contributed by atoms with Gasteiger partial charge >= 0.3 is 23.3 Å². The quantitative estimate of drug-likeness (QED) is 0.198. The summed E-state index contributed by atoms with van der Waals surface area (Å²) in [5.74, 6) is -34.6. The molecule has 0 aliphatic heterocycles. The van der Waals surface area contributed by atoms with E-state index in [1.54, 1.807) is 0 Å². The van der Waals surface area contributed by atoms with E-state index in [-0.39, 0.29) is 0 Å². The molecule has 0 N–H and O–H groups in total. The van der Waals surface area contributed by atoms with Crippen LogP contribution in [0.1, 0.15) is 5.56 Å². The maximum atomic E-state index is 14.2. The SMILES string of the molecule is C=Cc1ccc(OCC(F)(F)C(F)(F)C(F)(F)COc2c(F)c(F)c(S(=O)(=O)[N-]S(=O)(=O)C(F)(F)F)c(F)c2F)cc1. The fraction of sp³-hybridized carbons (Fsp3) is 0.300. The standard InChI is InChI=1S/C20H11F13NO6S2/c1-2-9-3-5-10(6-4-9)39-7-17(25,26)19(29,30)18(27,28)8-40-15-11(21)13(23)16(14(24)12(15)22)41(35,36)34-42(37,38)20(31,32)33/h2-6H,1,7-8H2/q-1. The summed E-state index contributed by atoms with van der Waals surface area (Å²) in [4.78, 5) is -3.13. The van der Waals surface area contributed by atoms with Gasteiger partial charge in [0.2, 0.25) is 11.6 Å². The molecule has 0 fully saturated rings. The van der Waals surface area contributed by atoms with E-state index in [0.717, 1.165) is 16.3 Å². The minimum atomic E-state index is -7.10. The smallest absolute Gasteiger partial charge is 0.480 e. The van der Waals surface area contributed by atoms with E-state index in [1.807, 2.05) is 0 Å². The van der Waals surface area contributed by atoms with Gasteiger partial charge in [-0.25, -0.2) is 25.6 Å². The van der Waals surface area contributed by atoms with Crippen molar-refractivity contribution in [1.82, 2.24) is 0 Å². The summed E-state index contributed by atoms with van der Waals surface area (Å²) in [5, 5.41) is 0. The van der Waals surface area contributed by atoms with E-state index in [0.29, 0.717) is 5.56 Å². The highest BCUT2D eigenvalue weighted by Crippen LogP contribution is 2.47. The van der Waals surface area contributed by atoms with Crippen LogP contribution >= 0.6 is 0 Å². The van der Waals surface area contributed by atoms with Gasteiger partial charge in [0.05, 0.1) is 0 Å². The molecule has 2 aromatic rings. The average molecular weight is 672 g/mol. The molecule has 0 heterocycles. The Labute approximate surface area is 226 Å². The zero-order valence-electron chi connectivity index (χ0n) is 19.6. The minimum Gasteiger partial charge on any atom is -0.487 e. The van der Waals surface area contributed by atoms with Gasteiger partial charge in [-0.2, -0.15) is 48.3 Å². The Morgan fingerprint density at radius 3 is 1.55 bits per heavy atom. The fourth-order valence-corrected chi connectivity index (χ4v) is 4.94. The first kappa shape index (κ1) is 34.9. The number of benzene rings is 2. The zero-order valence-corrected chi connectivity index (χ0v) is 21.3. The van der Waals surface area contributed by atoms with Crippen LogP contribution in [0.5, 0.6) is 11.5 Å². The molecule has 0 spiro atoms. The van der Waals surface area contributed by atoms with Gasteiger partial charge in [0.25, 0.3) is 0 Å². The van der Waals surface area contributed by atoms with Gasteiger partial charge in [0.15, 0.2) is 40.6 Å². The predicted octanol–water partition coefficient (Wildman–Crippen LogP) is 6.16. The molecule has 0 aromatic heterocycles. The summed E-state index contributed by atoms with van der Waals surface area (Å²) in [6.45, 7) is -2.20. The van der Waals surface area contributed by atoms with E-state index in [9.17, 15) is 73.9 Å². The van der Waals surface area contributed by atoms with Crippen LogP contribution in [0.2, 0.25) is 0 Å². The number of halogens is 13. The summed E-state index contributed by atoms with van der Waals surface area (Å²) < 4.78 is 232. The highest BCUT2D eigenvalue weighted by Gasteiger charge is 2.72. The first-order valence-corrected chi connectivity index (χ1v) is 13.0. The van der Waals surface area contributed by atoms with Crippen molar-refractivity contribution in [3.8, 4) is 11.5 Å². The van der Waals surface area contributed by atoms with Crippen LogP contribution in [-0.2, 0) is 20.0 Å². The van der Waals surface area contributed by atoms with Crippen LogP contribution in [-0.4, -0.2) is 53.3 Å². The first-order valence-electron chi connectivity index (χ1n) is 10.1. The molecular weight excluding hydrogens is 661 g/mol. The van der Waals surface area contributed by atoms with Crippen molar-refractivity contribution in [3.63, 3.8) is 0 Å². The highest BCUT2D eigenvalue weighted by molar-refractivity contribution is 8.12. The molecule has 0 radical (unpaired) electrons. The van der Waals surface area contributed by atoms with Crippen molar-refractivity contribution < 1.29 is 83.4 Å². The molecule has 42 heavy (non-hydrogen) atoms. The van der Waals surface area contributed by atoms with Crippen LogP contribution in [0, 0.1) is 23.3 Å². The second kappa shape index (κ2) is 11.4. The maximum absolute atomic E-state index is 14.2.